The predicted octanol–water partition coefficient (Wildman–Crippen LogP) is 1.39. The summed E-state index contributed by atoms with van der Waals surface area (Å²) in [6.45, 7) is 0.898. The summed E-state index contributed by atoms with van der Waals surface area (Å²) in [6.07, 6.45) is 1.31. The average Bonchev–Trinajstić information content (AvgIpc) is 2.30. The summed E-state index contributed by atoms with van der Waals surface area (Å²) in [5.41, 5.74) is 0.761. The molecule has 1 aliphatic heterocycles. The number of hydrogen-bond donors (Lipinski definition) is 2. The van der Waals surface area contributed by atoms with Crippen LogP contribution in [0.3, 0.4) is 0 Å². The molecule has 0 spiro atoms. The Bertz CT molecular complexity index is 379. The van der Waals surface area contributed by atoms with Gasteiger partial charge in [0.25, 0.3) is 5.91 Å². The standard InChI is InChI=1S/C12H16N2O2/c1-13-8-4-7-11-12(15)14-9-5-2-3-6-10(9)16-11/h2-3,5-6,11,13H,4,7-8H2,1H3,(H,14,15). The summed E-state index contributed by atoms with van der Waals surface area (Å²) >= 11 is 0. The minimum Gasteiger partial charge on any atom is -0.478 e. The van der Waals surface area contributed by atoms with Crippen LogP contribution in [-0.2, 0) is 4.79 Å². The molecule has 1 amide bonds. The zero-order valence-corrected chi connectivity index (χ0v) is 9.32. The van der Waals surface area contributed by atoms with Crippen molar-refractivity contribution in [2.24, 2.45) is 0 Å². The van der Waals surface area contributed by atoms with Gasteiger partial charge >= 0.3 is 0 Å². The van der Waals surface area contributed by atoms with Crippen LogP contribution >= 0.6 is 0 Å². The normalized spacial score (nSPS) is 18.6. The van der Waals surface area contributed by atoms with Crippen molar-refractivity contribution < 1.29 is 9.53 Å². The minimum atomic E-state index is -0.358. The molecule has 2 N–H and O–H groups in total. The highest BCUT2D eigenvalue weighted by atomic mass is 16.5. The second-order valence-electron chi connectivity index (χ2n) is 3.84. The third kappa shape index (κ3) is 2.33. The van der Waals surface area contributed by atoms with Crippen molar-refractivity contribution in [2.45, 2.75) is 18.9 Å². The van der Waals surface area contributed by atoms with Crippen LogP contribution in [0.2, 0.25) is 0 Å². The van der Waals surface area contributed by atoms with Gasteiger partial charge < -0.3 is 15.4 Å². The van der Waals surface area contributed by atoms with Crippen molar-refractivity contribution in [3.63, 3.8) is 0 Å². The van der Waals surface area contributed by atoms with Crippen LogP contribution in [0.4, 0.5) is 5.69 Å². The topological polar surface area (TPSA) is 50.4 Å². The highest BCUT2D eigenvalue weighted by molar-refractivity contribution is 5.97. The van der Waals surface area contributed by atoms with Gasteiger partial charge in [-0.1, -0.05) is 12.1 Å². The van der Waals surface area contributed by atoms with E-state index in [0.29, 0.717) is 0 Å². The molecule has 1 heterocycles. The lowest BCUT2D eigenvalue weighted by Crippen LogP contribution is -2.37. The summed E-state index contributed by atoms with van der Waals surface area (Å²) in [6, 6.07) is 7.50. The Morgan fingerprint density at radius 3 is 3.06 bits per heavy atom. The van der Waals surface area contributed by atoms with Crippen LogP contribution in [0.5, 0.6) is 5.75 Å². The number of nitrogens with one attached hydrogen (secondary N) is 2. The maximum atomic E-state index is 11.7. The molecule has 0 saturated carbocycles. The Labute approximate surface area is 95.0 Å². The SMILES string of the molecule is CNCCCC1Oc2ccccc2NC1=O. The third-order valence-corrected chi connectivity index (χ3v) is 2.60. The van der Waals surface area contributed by atoms with Crippen LogP contribution in [0.25, 0.3) is 0 Å². The highest BCUT2D eigenvalue weighted by Crippen LogP contribution is 2.29. The van der Waals surface area contributed by atoms with Crippen molar-refractivity contribution >= 4 is 11.6 Å². The number of ether oxygens (including phenoxy) is 1. The van der Waals surface area contributed by atoms with Crippen molar-refractivity contribution in [3.05, 3.63) is 24.3 Å². The van der Waals surface area contributed by atoms with Gasteiger partial charge in [0.15, 0.2) is 6.10 Å². The van der Waals surface area contributed by atoms with E-state index in [9.17, 15) is 4.79 Å². The molecule has 0 aliphatic carbocycles. The number of hydrogen-bond acceptors (Lipinski definition) is 3. The van der Waals surface area contributed by atoms with Gasteiger partial charge in [-0.25, -0.2) is 0 Å². The Morgan fingerprint density at radius 1 is 1.44 bits per heavy atom. The number of benzene rings is 1. The van der Waals surface area contributed by atoms with Gasteiger partial charge in [-0.2, -0.15) is 0 Å². The number of para-hydroxylation sites is 2. The lowest BCUT2D eigenvalue weighted by molar-refractivity contribution is -0.123. The van der Waals surface area contributed by atoms with E-state index in [0.717, 1.165) is 30.8 Å². The van der Waals surface area contributed by atoms with Gasteiger partial charge in [-0.3, -0.25) is 4.79 Å². The molecule has 0 radical (unpaired) electrons. The van der Waals surface area contributed by atoms with Gasteiger partial charge in [0.05, 0.1) is 5.69 Å². The van der Waals surface area contributed by atoms with E-state index >= 15 is 0 Å². The van der Waals surface area contributed by atoms with Crippen LogP contribution < -0.4 is 15.4 Å². The average molecular weight is 220 g/mol. The summed E-state index contributed by atoms with van der Waals surface area (Å²) in [5, 5.41) is 5.91. The Balaban J connectivity index is 2.01. The molecular weight excluding hydrogens is 204 g/mol. The fourth-order valence-electron chi connectivity index (χ4n) is 1.75. The molecule has 86 valence electrons. The molecule has 1 aromatic carbocycles. The van der Waals surface area contributed by atoms with Crippen LogP contribution in [-0.4, -0.2) is 25.6 Å². The number of carbonyl (C=O) groups excluding carboxylic acids is 1. The van der Waals surface area contributed by atoms with Crippen molar-refractivity contribution in [3.8, 4) is 5.75 Å². The minimum absolute atomic E-state index is 0.0465. The molecule has 0 aromatic heterocycles. The van der Waals surface area contributed by atoms with Gasteiger partial charge in [0.2, 0.25) is 0 Å². The Morgan fingerprint density at radius 2 is 2.25 bits per heavy atom. The Hall–Kier alpha value is -1.55. The fourth-order valence-corrected chi connectivity index (χ4v) is 1.75. The third-order valence-electron chi connectivity index (χ3n) is 2.60. The molecule has 4 heteroatoms. The first-order chi connectivity index (χ1) is 7.81. The van der Waals surface area contributed by atoms with Gasteiger partial charge in [-0.05, 0) is 38.6 Å². The van der Waals surface area contributed by atoms with E-state index in [1.165, 1.54) is 0 Å². The van der Waals surface area contributed by atoms with Gasteiger partial charge in [0, 0.05) is 0 Å². The molecule has 2 rings (SSSR count). The maximum absolute atomic E-state index is 11.7. The molecule has 0 fully saturated rings. The number of rotatable bonds is 4. The molecule has 1 atom stereocenters. The number of carbonyl (C=O) groups is 1. The second-order valence-corrected chi connectivity index (χ2v) is 3.84. The largest absolute Gasteiger partial charge is 0.478 e. The van der Waals surface area contributed by atoms with E-state index in [2.05, 4.69) is 10.6 Å². The summed E-state index contributed by atoms with van der Waals surface area (Å²) in [4.78, 5) is 11.7. The lowest BCUT2D eigenvalue weighted by Gasteiger charge is -2.25. The molecule has 0 saturated heterocycles. The van der Waals surface area contributed by atoms with Gasteiger partial charge in [-0.15, -0.1) is 0 Å². The molecule has 1 unspecified atom stereocenters. The van der Waals surface area contributed by atoms with E-state index in [1.807, 2.05) is 31.3 Å². The monoisotopic (exact) mass is 220 g/mol. The molecule has 4 nitrogen and oxygen atoms in total. The van der Waals surface area contributed by atoms with E-state index < -0.39 is 0 Å². The molecule has 0 bridgehead atoms. The van der Waals surface area contributed by atoms with E-state index in [4.69, 9.17) is 4.74 Å². The first-order valence-corrected chi connectivity index (χ1v) is 5.52. The molecular formula is C12H16N2O2. The summed E-state index contributed by atoms with van der Waals surface area (Å²) < 4.78 is 5.65. The first kappa shape index (κ1) is 11.0. The second kappa shape index (κ2) is 4.99. The van der Waals surface area contributed by atoms with Crippen LogP contribution in [0.15, 0.2) is 24.3 Å². The fraction of sp³-hybridized carbons (Fsp3) is 0.417. The molecule has 1 aromatic rings. The Kier molecular flexibility index (Phi) is 3.41. The van der Waals surface area contributed by atoms with Crippen LogP contribution in [0, 0.1) is 0 Å². The predicted molar refractivity (Wildman–Crippen MR) is 62.6 cm³/mol. The number of anilines is 1. The number of amides is 1. The van der Waals surface area contributed by atoms with E-state index in [-0.39, 0.29) is 12.0 Å². The molecule has 16 heavy (non-hydrogen) atoms. The maximum Gasteiger partial charge on any atom is 0.265 e. The zero-order valence-electron chi connectivity index (χ0n) is 9.32. The first-order valence-electron chi connectivity index (χ1n) is 5.52. The number of fused-ring (bicyclic) bond motifs is 1. The van der Waals surface area contributed by atoms with Gasteiger partial charge in [0.1, 0.15) is 5.75 Å². The summed E-state index contributed by atoms with van der Waals surface area (Å²) in [7, 11) is 1.90. The van der Waals surface area contributed by atoms with Crippen molar-refractivity contribution in [1.82, 2.24) is 5.32 Å². The summed E-state index contributed by atoms with van der Waals surface area (Å²) in [5.74, 6) is 0.714. The zero-order chi connectivity index (χ0) is 11.4. The lowest BCUT2D eigenvalue weighted by atomic mass is 10.1. The molecule has 1 aliphatic rings. The highest BCUT2D eigenvalue weighted by Gasteiger charge is 2.26. The van der Waals surface area contributed by atoms with Crippen molar-refractivity contribution in [2.75, 3.05) is 18.9 Å². The van der Waals surface area contributed by atoms with Crippen molar-refractivity contribution in [1.29, 1.82) is 0 Å². The quantitative estimate of drug-likeness (QED) is 0.754. The smallest absolute Gasteiger partial charge is 0.265 e. The van der Waals surface area contributed by atoms with Crippen LogP contribution in [0.1, 0.15) is 12.8 Å². The van der Waals surface area contributed by atoms with E-state index in [1.54, 1.807) is 0 Å².